The van der Waals surface area contributed by atoms with E-state index < -0.39 is 0 Å². The molecule has 1 aliphatic rings. The topological polar surface area (TPSA) is 59.8 Å². The molecule has 5 heteroatoms. The molecular weight excluding hydrogens is 354 g/mol. The van der Waals surface area contributed by atoms with Gasteiger partial charge in [0, 0.05) is 11.1 Å². The van der Waals surface area contributed by atoms with Crippen LogP contribution in [0, 0.1) is 6.92 Å². The third-order valence-corrected chi connectivity index (χ3v) is 4.75. The predicted octanol–water partition coefficient (Wildman–Crippen LogP) is 4.50. The van der Waals surface area contributed by atoms with E-state index in [1.165, 1.54) is 0 Å². The van der Waals surface area contributed by atoms with Crippen LogP contribution in [0.2, 0.25) is 0 Å². The lowest BCUT2D eigenvalue weighted by Gasteiger charge is -2.15. The minimum atomic E-state index is -0.0968. The number of carbonyl (C=O) groups is 2. The van der Waals surface area contributed by atoms with E-state index in [1.807, 2.05) is 55.5 Å². The van der Waals surface area contributed by atoms with Crippen molar-refractivity contribution in [3.63, 3.8) is 0 Å². The van der Waals surface area contributed by atoms with E-state index in [1.54, 1.807) is 24.1 Å². The Labute approximate surface area is 162 Å². The van der Waals surface area contributed by atoms with Gasteiger partial charge in [0.2, 0.25) is 0 Å². The van der Waals surface area contributed by atoms with Gasteiger partial charge in [-0.25, -0.2) is 0 Å². The molecule has 5 nitrogen and oxygen atoms in total. The minimum absolute atomic E-state index is 0.0968. The standard InChI is InChI=1S/C23H19NO4/c1-15-3-10-22-20(11-15)21(12-16-4-6-17(27-2)7-5-16)23(26)24(22)13-18-8-9-19(14-25)28-18/h3-12,14H,13H2,1-2H3/b21-12-. The molecule has 0 N–H and O–H groups in total. The van der Waals surface area contributed by atoms with Crippen LogP contribution in [0.25, 0.3) is 11.6 Å². The largest absolute Gasteiger partial charge is 0.497 e. The van der Waals surface area contributed by atoms with E-state index in [-0.39, 0.29) is 18.2 Å². The second kappa shape index (κ2) is 7.19. The Hall–Kier alpha value is -3.60. The van der Waals surface area contributed by atoms with Crippen LogP contribution in [0.4, 0.5) is 5.69 Å². The van der Waals surface area contributed by atoms with E-state index >= 15 is 0 Å². The highest BCUT2D eigenvalue weighted by atomic mass is 16.5. The van der Waals surface area contributed by atoms with E-state index in [2.05, 4.69) is 0 Å². The number of fused-ring (bicyclic) bond motifs is 1. The number of anilines is 1. The molecule has 0 spiro atoms. The Bertz CT molecular complexity index is 1080. The molecule has 0 fully saturated rings. The van der Waals surface area contributed by atoms with Crippen LogP contribution >= 0.6 is 0 Å². The first-order chi connectivity index (χ1) is 13.6. The van der Waals surface area contributed by atoms with Gasteiger partial charge in [0.15, 0.2) is 12.0 Å². The van der Waals surface area contributed by atoms with Crippen LogP contribution in [-0.2, 0) is 11.3 Å². The van der Waals surface area contributed by atoms with Crippen LogP contribution < -0.4 is 9.64 Å². The number of amides is 1. The van der Waals surface area contributed by atoms with Crippen LogP contribution in [0.3, 0.4) is 0 Å². The Balaban J connectivity index is 1.73. The molecule has 0 aliphatic carbocycles. The smallest absolute Gasteiger partial charge is 0.259 e. The first-order valence-electron chi connectivity index (χ1n) is 8.91. The van der Waals surface area contributed by atoms with E-state index in [0.29, 0.717) is 17.6 Å². The minimum Gasteiger partial charge on any atom is -0.497 e. The molecule has 1 aromatic heterocycles. The van der Waals surface area contributed by atoms with E-state index in [9.17, 15) is 9.59 Å². The van der Waals surface area contributed by atoms with Crippen LogP contribution in [-0.4, -0.2) is 19.3 Å². The highest BCUT2D eigenvalue weighted by Crippen LogP contribution is 2.39. The molecule has 0 saturated heterocycles. The molecule has 4 rings (SSSR count). The van der Waals surface area contributed by atoms with Crippen molar-refractivity contribution in [2.45, 2.75) is 13.5 Å². The summed E-state index contributed by atoms with van der Waals surface area (Å²) in [5, 5.41) is 0. The lowest BCUT2D eigenvalue weighted by Crippen LogP contribution is -2.25. The van der Waals surface area contributed by atoms with Crippen molar-refractivity contribution in [1.29, 1.82) is 0 Å². The van der Waals surface area contributed by atoms with Gasteiger partial charge < -0.3 is 14.1 Å². The number of aryl methyl sites for hydroxylation is 1. The summed E-state index contributed by atoms with van der Waals surface area (Å²) in [6, 6.07) is 16.8. The van der Waals surface area contributed by atoms with Crippen molar-refractivity contribution < 1.29 is 18.7 Å². The number of rotatable bonds is 5. The predicted molar refractivity (Wildman–Crippen MR) is 107 cm³/mol. The van der Waals surface area contributed by atoms with Crippen molar-refractivity contribution >= 4 is 29.5 Å². The lowest BCUT2D eigenvalue weighted by atomic mass is 10.0. The zero-order valence-electron chi connectivity index (χ0n) is 15.6. The Kier molecular flexibility index (Phi) is 4.57. The zero-order chi connectivity index (χ0) is 19.7. The highest BCUT2D eigenvalue weighted by molar-refractivity contribution is 6.35. The van der Waals surface area contributed by atoms with Gasteiger partial charge in [-0.3, -0.25) is 9.59 Å². The average Bonchev–Trinajstić information content (AvgIpc) is 3.27. The third kappa shape index (κ3) is 3.22. The molecule has 1 amide bonds. The summed E-state index contributed by atoms with van der Waals surface area (Å²) in [4.78, 5) is 25.7. The molecule has 28 heavy (non-hydrogen) atoms. The van der Waals surface area contributed by atoms with Gasteiger partial charge in [-0.15, -0.1) is 0 Å². The van der Waals surface area contributed by atoms with Crippen molar-refractivity contribution in [3.8, 4) is 5.75 Å². The summed E-state index contributed by atoms with van der Waals surface area (Å²) in [7, 11) is 1.62. The molecule has 0 radical (unpaired) electrons. The second-order valence-corrected chi connectivity index (χ2v) is 6.67. The first kappa shape index (κ1) is 17.8. The monoisotopic (exact) mass is 373 g/mol. The highest BCUT2D eigenvalue weighted by Gasteiger charge is 2.33. The molecular formula is C23H19NO4. The molecule has 0 saturated carbocycles. The fraction of sp³-hybridized carbons (Fsp3) is 0.130. The zero-order valence-corrected chi connectivity index (χ0v) is 15.6. The molecule has 0 atom stereocenters. The number of hydrogen-bond acceptors (Lipinski definition) is 4. The van der Waals surface area contributed by atoms with Crippen LogP contribution in [0.1, 0.15) is 33.0 Å². The summed E-state index contributed by atoms with van der Waals surface area (Å²) >= 11 is 0. The van der Waals surface area contributed by atoms with Crippen molar-refractivity contribution in [3.05, 3.63) is 82.8 Å². The second-order valence-electron chi connectivity index (χ2n) is 6.67. The Morgan fingerprint density at radius 1 is 1.07 bits per heavy atom. The van der Waals surface area contributed by atoms with Crippen molar-refractivity contribution in [2.75, 3.05) is 12.0 Å². The summed E-state index contributed by atoms with van der Waals surface area (Å²) in [5.74, 6) is 1.48. The fourth-order valence-electron chi connectivity index (χ4n) is 3.33. The average molecular weight is 373 g/mol. The van der Waals surface area contributed by atoms with Gasteiger partial charge in [0.05, 0.1) is 19.3 Å². The Morgan fingerprint density at radius 3 is 2.54 bits per heavy atom. The van der Waals surface area contributed by atoms with E-state index in [4.69, 9.17) is 9.15 Å². The number of methoxy groups -OCH3 is 1. The fourth-order valence-corrected chi connectivity index (χ4v) is 3.33. The maximum Gasteiger partial charge on any atom is 0.259 e. The van der Waals surface area contributed by atoms with Crippen molar-refractivity contribution in [1.82, 2.24) is 0 Å². The number of furan rings is 1. The normalized spacial score (nSPS) is 14.4. The Morgan fingerprint density at radius 2 is 1.86 bits per heavy atom. The number of aldehydes is 1. The van der Waals surface area contributed by atoms with Gasteiger partial charge in [0.25, 0.3) is 5.91 Å². The van der Waals surface area contributed by atoms with Gasteiger partial charge in [0.1, 0.15) is 11.5 Å². The molecule has 140 valence electrons. The molecule has 2 aromatic carbocycles. The van der Waals surface area contributed by atoms with Gasteiger partial charge in [-0.1, -0.05) is 23.8 Å². The number of hydrogen-bond donors (Lipinski definition) is 0. The third-order valence-electron chi connectivity index (χ3n) is 4.75. The first-order valence-corrected chi connectivity index (χ1v) is 8.91. The summed E-state index contributed by atoms with van der Waals surface area (Å²) in [6.07, 6.45) is 2.54. The molecule has 0 unspecified atom stereocenters. The number of ether oxygens (including phenoxy) is 1. The van der Waals surface area contributed by atoms with Gasteiger partial charge in [-0.05, 0) is 55.0 Å². The number of carbonyl (C=O) groups excluding carboxylic acids is 2. The molecule has 3 aromatic rings. The maximum atomic E-state index is 13.2. The van der Waals surface area contributed by atoms with Crippen LogP contribution in [0.5, 0.6) is 5.75 Å². The van der Waals surface area contributed by atoms with Gasteiger partial charge in [-0.2, -0.15) is 0 Å². The molecule has 1 aliphatic heterocycles. The summed E-state index contributed by atoms with van der Waals surface area (Å²) < 4.78 is 10.7. The van der Waals surface area contributed by atoms with E-state index in [0.717, 1.165) is 28.1 Å². The summed E-state index contributed by atoms with van der Waals surface area (Å²) in [6.45, 7) is 2.27. The molecule has 0 bridgehead atoms. The maximum absolute atomic E-state index is 13.2. The quantitative estimate of drug-likeness (QED) is 0.488. The van der Waals surface area contributed by atoms with Crippen LogP contribution in [0.15, 0.2) is 59.0 Å². The van der Waals surface area contributed by atoms with Crippen molar-refractivity contribution in [2.24, 2.45) is 0 Å². The van der Waals surface area contributed by atoms with Gasteiger partial charge >= 0.3 is 0 Å². The summed E-state index contributed by atoms with van der Waals surface area (Å²) in [5.41, 5.74) is 4.35. The molecule has 2 heterocycles. The lowest BCUT2D eigenvalue weighted by molar-refractivity contribution is -0.113. The number of benzene rings is 2. The SMILES string of the molecule is COc1ccc(/C=C2\C(=O)N(Cc3ccc(C=O)o3)c3ccc(C)cc32)cc1. The number of nitrogens with zero attached hydrogens (tertiary/aromatic N) is 1.